The van der Waals surface area contributed by atoms with Crippen molar-refractivity contribution in [2.45, 2.75) is 33.5 Å². The van der Waals surface area contributed by atoms with Gasteiger partial charge in [-0.05, 0) is 37.6 Å². The molecule has 1 N–H and O–H groups in total. The number of nitrogens with zero attached hydrogens (tertiary/aromatic N) is 1. The summed E-state index contributed by atoms with van der Waals surface area (Å²) in [5.74, 6) is 0.0866. The summed E-state index contributed by atoms with van der Waals surface area (Å²) in [6.45, 7) is 4.75. The molecule has 2 aromatic carbocycles. The minimum Gasteiger partial charge on any atom is -0.487 e. The highest BCUT2D eigenvalue weighted by Crippen LogP contribution is 2.33. The smallest absolute Gasteiger partial charge is 0.341 e. The molecule has 152 valence electrons. The van der Waals surface area contributed by atoms with Gasteiger partial charge < -0.3 is 19.3 Å². The van der Waals surface area contributed by atoms with Crippen LogP contribution in [0.3, 0.4) is 0 Å². The number of carbonyl (C=O) groups is 1. The predicted octanol–water partition coefficient (Wildman–Crippen LogP) is 4.51. The Labute approximate surface area is 170 Å². The van der Waals surface area contributed by atoms with Gasteiger partial charge >= 0.3 is 5.97 Å². The van der Waals surface area contributed by atoms with E-state index in [4.69, 9.17) is 19.3 Å². The van der Waals surface area contributed by atoms with E-state index in [0.717, 1.165) is 34.1 Å². The third-order valence-corrected chi connectivity index (χ3v) is 4.42. The number of aromatic nitrogens is 1. The molecule has 0 unspecified atom stereocenters. The SMILES string of the molecule is CCCOCc1ccc(OCc2ccc3ccccc3n2)c(C)c1OCC(=O)O. The summed E-state index contributed by atoms with van der Waals surface area (Å²) in [7, 11) is 0. The lowest BCUT2D eigenvalue weighted by molar-refractivity contribution is -0.139. The zero-order valence-corrected chi connectivity index (χ0v) is 16.7. The molecule has 0 radical (unpaired) electrons. The highest BCUT2D eigenvalue weighted by molar-refractivity contribution is 5.78. The first-order chi connectivity index (χ1) is 14.1. The Balaban J connectivity index is 1.78. The average molecular weight is 395 g/mol. The first-order valence-electron chi connectivity index (χ1n) is 9.60. The summed E-state index contributed by atoms with van der Waals surface area (Å²) in [4.78, 5) is 15.6. The fraction of sp³-hybridized carbons (Fsp3) is 0.304. The molecule has 0 saturated heterocycles. The predicted molar refractivity (Wildman–Crippen MR) is 110 cm³/mol. The van der Waals surface area contributed by atoms with Crippen molar-refractivity contribution in [2.75, 3.05) is 13.2 Å². The molecule has 1 heterocycles. The van der Waals surface area contributed by atoms with Gasteiger partial charge in [-0.3, -0.25) is 0 Å². The Morgan fingerprint density at radius 2 is 1.86 bits per heavy atom. The third kappa shape index (κ3) is 5.45. The minimum absolute atomic E-state index is 0.301. The van der Waals surface area contributed by atoms with Crippen LogP contribution >= 0.6 is 0 Å². The first kappa shape index (κ1) is 20.6. The van der Waals surface area contributed by atoms with Gasteiger partial charge in [-0.2, -0.15) is 0 Å². The number of hydrogen-bond acceptors (Lipinski definition) is 5. The number of para-hydroxylation sites is 1. The van der Waals surface area contributed by atoms with E-state index in [1.165, 1.54) is 0 Å². The fourth-order valence-electron chi connectivity index (χ4n) is 3.00. The number of carboxylic acid groups (broad SMARTS) is 1. The van der Waals surface area contributed by atoms with Gasteiger partial charge in [0.05, 0.1) is 17.8 Å². The zero-order chi connectivity index (χ0) is 20.6. The molecular formula is C23H25NO5. The zero-order valence-electron chi connectivity index (χ0n) is 16.7. The topological polar surface area (TPSA) is 77.9 Å². The van der Waals surface area contributed by atoms with Crippen LogP contribution in [0.5, 0.6) is 11.5 Å². The maximum Gasteiger partial charge on any atom is 0.341 e. The second kappa shape index (κ2) is 9.89. The van der Waals surface area contributed by atoms with Gasteiger partial charge in [0, 0.05) is 23.1 Å². The van der Waals surface area contributed by atoms with Gasteiger partial charge in [0.2, 0.25) is 0 Å². The Bertz CT molecular complexity index is 986. The number of ether oxygens (including phenoxy) is 3. The van der Waals surface area contributed by atoms with Crippen molar-refractivity contribution in [3.63, 3.8) is 0 Å². The van der Waals surface area contributed by atoms with Crippen LogP contribution < -0.4 is 9.47 Å². The van der Waals surface area contributed by atoms with E-state index in [1.54, 1.807) is 0 Å². The Kier molecular flexibility index (Phi) is 7.03. The number of rotatable bonds is 10. The maximum atomic E-state index is 11.0. The largest absolute Gasteiger partial charge is 0.487 e. The van der Waals surface area contributed by atoms with Crippen LogP contribution in [0.4, 0.5) is 0 Å². The normalized spacial score (nSPS) is 10.8. The van der Waals surface area contributed by atoms with Gasteiger partial charge in [-0.15, -0.1) is 0 Å². The molecule has 1 aromatic heterocycles. The summed E-state index contributed by atoms with van der Waals surface area (Å²) < 4.78 is 17.1. The summed E-state index contributed by atoms with van der Waals surface area (Å²) in [5, 5.41) is 10.1. The van der Waals surface area contributed by atoms with Crippen LogP contribution in [0.15, 0.2) is 48.5 Å². The van der Waals surface area contributed by atoms with E-state index in [0.29, 0.717) is 31.3 Å². The van der Waals surface area contributed by atoms with Gasteiger partial charge in [0.1, 0.15) is 18.1 Å². The average Bonchev–Trinajstić information content (AvgIpc) is 2.72. The van der Waals surface area contributed by atoms with Crippen molar-refractivity contribution in [1.29, 1.82) is 0 Å². The second-order valence-corrected chi connectivity index (χ2v) is 6.70. The van der Waals surface area contributed by atoms with Crippen molar-refractivity contribution in [2.24, 2.45) is 0 Å². The summed E-state index contributed by atoms with van der Waals surface area (Å²) in [6.07, 6.45) is 0.907. The van der Waals surface area contributed by atoms with Crippen LogP contribution in [0.1, 0.15) is 30.2 Å². The van der Waals surface area contributed by atoms with Crippen LogP contribution in [-0.2, 0) is 22.7 Å². The number of hydrogen-bond donors (Lipinski definition) is 1. The van der Waals surface area contributed by atoms with E-state index in [9.17, 15) is 4.79 Å². The second-order valence-electron chi connectivity index (χ2n) is 6.70. The van der Waals surface area contributed by atoms with Crippen molar-refractivity contribution in [3.8, 4) is 11.5 Å². The molecule has 6 nitrogen and oxygen atoms in total. The fourth-order valence-corrected chi connectivity index (χ4v) is 3.00. The molecule has 3 rings (SSSR count). The van der Waals surface area contributed by atoms with Crippen LogP contribution in [-0.4, -0.2) is 29.3 Å². The summed E-state index contributed by atoms with van der Waals surface area (Å²) >= 11 is 0. The monoisotopic (exact) mass is 395 g/mol. The molecule has 6 heteroatoms. The van der Waals surface area contributed by atoms with Crippen molar-refractivity contribution in [3.05, 3.63) is 65.4 Å². The molecule has 3 aromatic rings. The lowest BCUT2D eigenvalue weighted by Crippen LogP contribution is -2.12. The quantitative estimate of drug-likeness (QED) is 0.509. The molecule has 29 heavy (non-hydrogen) atoms. The molecular weight excluding hydrogens is 370 g/mol. The molecule has 0 atom stereocenters. The lowest BCUT2D eigenvalue weighted by atomic mass is 10.1. The lowest BCUT2D eigenvalue weighted by Gasteiger charge is -2.17. The van der Waals surface area contributed by atoms with Gasteiger partial charge in [-0.25, -0.2) is 9.78 Å². The van der Waals surface area contributed by atoms with Gasteiger partial charge in [-0.1, -0.05) is 31.2 Å². The summed E-state index contributed by atoms with van der Waals surface area (Å²) in [5.41, 5.74) is 3.27. The van der Waals surface area contributed by atoms with Crippen LogP contribution in [0.2, 0.25) is 0 Å². The standard InChI is InChI=1S/C23H25NO5/c1-3-12-27-13-18-9-11-21(16(2)23(18)29-15-22(25)26)28-14-19-10-8-17-6-4-5-7-20(17)24-19/h4-11H,3,12-15H2,1-2H3,(H,25,26). The van der Waals surface area contributed by atoms with Crippen molar-refractivity contribution < 1.29 is 24.1 Å². The van der Waals surface area contributed by atoms with E-state index in [-0.39, 0.29) is 0 Å². The Hall–Kier alpha value is -3.12. The van der Waals surface area contributed by atoms with E-state index < -0.39 is 12.6 Å². The Morgan fingerprint density at radius 3 is 2.66 bits per heavy atom. The van der Waals surface area contributed by atoms with Crippen molar-refractivity contribution in [1.82, 2.24) is 4.98 Å². The number of fused-ring (bicyclic) bond motifs is 1. The molecule has 0 aliphatic rings. The molecule has 0 amide bonds. The number of carboxylic acids is 1. The molecule has 0 aliphatic heterocycles. The number of pyridine rings is 1. The van der Waals surface area contributed by atoms with E-state index in [2.05, 4.69) is 4.98 Å². The van der Waals surface area contributed by atoms with Gasteiger partial charge in [0.15, 0.2) is 6.61 Å². The minimum atomic E-state index is -1.03. The van der Waals surface area contributed by atoms with E-state index >= 15 is 0 Å². The maximum absolute atomic E-state index is 11.0. The third-order valence-electron chi connectivity index (χ3n) is 4.42. The van der Waals surface area contributed by atoms with Gasteiger partial charge in [0.25, 0.3) is 0 Å². The molecule has 0 bridgehead atoms. The number of aliphatic carboxylic acids is 1. The Morgan fingerprint density at radius 1 is 1.03 bits per heavy atom. The van der Waals surface area contributed by atoms with Crippen LogP contribution in [0, 0.1) is 6.92 Å². The molecule has 0 saturated carbocycles. The number of benzene rings is 2. The highest BCUT2D eigenvalue weighted by Gasteiger charge is 2.14. The van der Waals surface area contributed by atoms with Crippen LogP contribution in [0.25, 0.3) is 10.9 Å². The molecule has 0 spiro atoms. The summed E-state index contributed by atoms with van der Waals surface area (Å²) in [6, 6.07) is 15.6. The molecule has 0 aliphatic carbocycles. The first-order valence-corrected chi connectivity index (χ1v) is 9.60. The highest BCUT2D eigenvalue weighted by atomic mass is 16.5. The van der Waals surface area contributed by atoms with E-state index in [1.807, 2.05) is 62.4 Å². The van der Waals surface area contributed by atoms with Crippen molar-refractivity contribution >= 4 is 16.9 Å². The molecule has 0 fully saturated rings.